The molecule has 1 fully saturated rings. The molecule has 1 aliphatic rings. The molecule has 0 bridgehead atoms. The van der Waals surface area contributed by atoms with Crippen LogP contribution in [0.2, 0.25) is 0 Å². The summed E-state index contributed by atoms with van der Waals surface area (Å²) in [5.41, 5.74) is 0.830. The molecule has 1 N–H and O–H groups in total. The smallest absolute Gasteiger partial charge is 0.240 e. The van der Waals surface area contributed by atoms with E-state index in [1.807, 2.05) is 6.92 Å². The minimum absolute atomic E-state index is 0.00501. The monoisotopic (exact) mass is 282 g/mol. The van der Waals surface area contributed by atoms with Gasteiger partial charge < -0.3 is 10.2 Å². The van der Waals surface area contributed by atoms with Crippen molar-refractivity contribution in [3.8, 4) is 0 Å². The molecule has 1 aromatic rings. The van der Waals surface area contributed by atoms with Gasteiger partial charge in [-0.3, -0.25) is 9.59 Å². The number of halogens is 1. The van der Waals surface area contributed by atoms with E-state index in [1.165, 1.54) is 28.8 Å². The van der Waals surface area contributed by atoms with Crippen LogP contribution in [0.4, 0.5) is 4.39 Å². The van der Waals surface area contributed by atoms with Crippen molar-refractivity contribution in [3.63, 3.8) is 0 Å². The van der Waals surface area contributed by atoms with Gasteiger partial charge >= 0.3 is 0 Å². The van der Waals surface area contributed by atoms with Crippen molar-refractivity contribution in [1.29, 1.82) is 0 Å². The molecule has 0 spiro atoms. The van der Waals surface area contributed by atoms with Crippen molar-refractivity contribution in [1.82, 2.24) is 10.2 Å². The fraction of sp³-hybridized carbons (Fsp3) is 0.385. The quantitative estimate of drug-likeness (QED) is 0.911. The van der Waals surface area contributed by atoms with Crippen LogP contribution in [0.15, 0.2) is 24.3 Å². The molecule has 0 aliphatic carbocycles. The molecule has 1 aromatic carbocycles. The maximum absolute atomic E-state index is 12.8. The van der Waals surface area contributed by atoms with Crippen LogP contribution in [-0.2, 0) is 9.59 Å². The first kappa shape index (κ1) is 13.9. The predicted molar refractivity (Wildman–Crippen MR) is 72.0 cm³/mol. The Morgan fingerprint density at radius 3 is 2.74 bits per heavy atom. The number of nitrogens with zero attached hydrogens (tertiary/aromatic N) is 1. The molecule has 19 heavy (non-hydrogen) atoms. The summed E-state index contributed by atoms with van der Waals surface area (Å²) >= 11 is 1.50. The van der Waals surface area contributed by atoms with Crippen molar-refractivity contribution in [2.75, 3.05) is 18.2 Å². The fourth-order valence-corrected chi connectivity index (χ4v) is 2.74. The highest BCUT2D eigenvalue weighted by molar-refractivity contribution is 8.00. The summed E-state index contributed by atoms with van der Waals surface area (Å²) in [5.74, 6) is 0.502. The molecular weight excluding hydrogens is 267 g/mol. The van der Waals surface area contributed by atoms with Crippen LogP contribution in [0.1, 0.15) is 18.5 Å². The average Bonchev–Trinajstić information content (AvgIpc) is 2.75. The van der Waals surface area contributed by atoms with Gasteiger partial charge in [0.25, 0.3) is 0 Å². The molecule has 6 heteroatoms. The molecule has 102 valence electrons. The SMILES string of the molecule is CC(NC(=O)CN1CSCC1=O)c1ccc(F)cc1. The normalized spacial score (nSPS) is 16.5. The van der Waals surface area contributed by atoms with Crippen LogP contribution in [0, 0.1) is 5.82 Å². The van der Waals surface area contributed by atoms with Gasteiger partial charge in [0.15, 0.2) is 0 Å². The number of carbonyl (C=O) groups excluding carboxylic acids is 2. The van der Waals surface area contributed by atoms with Gasteiger partial charge in [0.1, 0.15) is 12.4 Å². The Kier molecular flexibility index (Phi) is 4.42. The van der Waals surface area contributed by atoms with Gasteiger partial charge in [0, 0.05) is 0 Å². The maximum atomic E-state index is 12.8. The Balaban J connectivity index is 1.87. The highest BCUT2D eigenvalue weighted by Gasteiger charge is 2.23. The average molecular weight is 282 g/mol. The first-order valence-corrected chi connectivity index (χ1v) is 7.12. The molecule has 1 saturated heterocycles. The Hall–Kier alpha value is -1.56. The molecule has 1 heterocycles. The van der Waals surface area contributed by atoms with E-state index >= 15 is 0 Å². The summed E-state index contributed by atoms with van der Waals surface area (Å²) in [5, 5.41) is 2.80. The number of rotatable bonds is 4. The lowest BCUT2D eigenvalue weighted by atomic mass is 10.1. The van der Waals surface area contributed by atoms with Crippen LogP contribution in [0.3, 0.4) is 0 Å². The van der Waals surface area contributed by atoms with Crippen molar-refractivity contribution in [2.24, 2.45) is 0 Å². The number of benzene rings is 1. The molecule has 2 amide bonds. The van der Waals surface area contributed by atoms with Gasteiger partial charge in [0.2, 0.25) is 11.8 Å². The van der Waals surface area contributed by atoms with Gasteiger partial charge in [0.05, 0.1) is 17.7 Å². The van der Waals surface area contributed by atoms with Crippen molar-refractivity contribution < 1.29 is 14.0 Å². The third kappa shape index (κ3) is 3.70. The topological polar surface area (TPSA) is 49.4 Å². The maximum Gasteiger partial charge on any atom is 0.240 e. The zero-order valence-corrected chi connectivity index (χ0v) is 11.4. The summed E-state index contributed by atoms with van der Waals surface area (Å²) in [6.45, 7) is 1.91. The third-order valence-corrected chi connectivity index (χ3v) is 3.85. The standard InChI is InChI=1S/C13H15FN2O2S/c1-9(10-2-4-11(14)5-3-10)15-12(17)6-16-8-19-7-13(16)18/h2-5,9H,6-8H2,1H3,(H,15,17). The van der Waals surface area contributed by atoms with Crippen LogP contribution < -0.4 is 5.32 Å². The number of nitrogens with one attached hydrogen (secondary N) is 1. The molecule has 0 saturated carbocycles. The Morgan fingerprint density at radius 1 is 1.47 bits per heavy atom. The van der Waals surface area contributed by atoms with Gasteiger partial charge in [-0.15, -0.1) is 11.8 Å². The largest absolute Gasteiger partial charge is 0.348 e. The Morgan fingerprint density at radius 2 is 2.16 bits per heavy atom. The predicted octanol–water partition coefficient (Wildman–Crippen LogP) is 1.54. The zero-order chi connectivity index (χ0) is 13.8. The lowest BCUT2D eigenvalue weighted by Gasteiger charge is -2.18. The molecular formula is C13H15FN2O2S. The second-order valence-corrected chi connectivity index (χ2v) is 5.37. The number of thioether (sulfide) groups is 1. The van der Waals surface area contributed by atoms with E-state index in [4.69, 9.17) is 0 Å². The summed E-state index contributed by atoms with van der Waals surface area (Å²) < 4.78 is 12.8. The van der Waals surface area contributed by atoms with Crippen LogP contribution in [0.25, 0.3) is 0 Å². The highest BCUT2D eigenvalue weighted by atomic mass is 32.2. The zero-order valence-electron chi connectivity index (χ0n) is 10.6. The summed E-state index contributed by atoms with van der Waals surface area (Å²) in [7, 11) is 0. The summed E-state index contributed by atoms with van der Waals surface area (Å²) in [6.07, 6.45) is 0. The number of hydrogen-bond donors (Lipinski definition) is 1. The number of hydrogen-bond acceptors (Lipinski definition) is 3. The highest BCUT2D eigenvalue weighted by Crippen LogP contribution is 2.15. The first-order chi connectivity index (χ1) is 9.06. The van der Waals surface area contributed by atoms with Crippen LogP contribution in [0.5, 0.6) is 0 Å². The van der Waals surface area contributed by atoms with Gasteiger partial charge in [-0.1, -0.05) is 12.1 Å². The molecule has 2 rings (SSSR count). The Bertz CT molecular complexity index is 478. The van der Waals surface area contributed by atoms with E-state index in [2.05, 4.69) is 5.32 Å². The molecule has 0 aromatic heterocycles. The number of carbonyl (C=O) groups is 2. The van der Waals surface area contributed by atoms with Crippen LogP contribution in [-0.4, -0.2) is 34.9 Å². The van der Waals surface area contributed by atoms with Gasteiger partial charge in [-0.05, 0) is 24.6 Å². The molecule has 1 aliphatic heterocycles. The molecule has 1 unspecified atom stereocenters. The molecule has 0 radical (unpaired) electrons. The van der Waals surface area contributed by atoms with Crippen molar-refractivity contribution in [2.45, 2.75) is 13.0 Å². The fourth-order valence-electron chi connectivity index (χ4n) is 1.84. The summed E-state index contributed by atoms with van der Waals surface area (Å²) in [6, 6.07) is 5.78. The van der Waals surface area contributed by atoms with Gasteiger partial charge in [-0.25, -0.2) is 4.39 Å². The second kappa shape index (κ2) is 6.06. The van der Waals surface area contributed by atoms with E-state index in [0.29, 0.717) is 11.6 Å². The van der Waals surface area contributed by atoms with E-state index < -0.39 is 0 Å². The second-order valence-electron chi connectivity index (χ2n) is 4.41. The van der Waals surface area contributed by atoms with Gasteiger partial charge in [-0.2, -0.15) is 0 Å². The first-order valence-electron chi connectivity index (χ1n) is 5.96. The van der Waals surface area contributed by atoms with E-state index in [9.17, 15) is 14.0 Å². The number of amides is 2. The minimum atomic E-state index is -0.304. The van der Waals surface area contributed by atoms with E-state index in [1.54, 1.807) is 12.1 Å². The molecule has 1 atom stereocenters. The van der Waals surface area contributed by atoms with E-state index in [-0.39, 0.29) is 30.2 Å². The van der Waals surface area contributed by atoms with Crippen molar-refractivity contribution in [3.05, 3.63) is 35.6 Å². The lowest BCUT2D eigenvalue weighted by Crippen LogP contribution is -2.39. The minimum Gasteiger partial charge on any atom is -0.348 e. The van der Waals surface area contributed by atoms with E-state index in [0.717, 1.165) is 5.56 Å². The Labute approximate surface area is 115 Å². The lowest BCUT2D eigenvalue weighted by molar-refractivity contribution is -0.132. The van der Waals surface area contributed by atoms with Crippen molar-refractivity contribution >= 4 is 23.6 Å². The third-order valence-electron chi connectivity index (χ3n) is 2.91. The van der Waals surface area contributed by atoms with Crippen LogP contribution >= 0.6 is 11.8 Å². The molecule has 4 nitrogen and oxygen atoms in total. The summed E-state index contributed by atoms with van der Waals surface area (Å²) in [4.78, 5) is 24.7.